The first kappa shape index (κ1) is 15.2. The first-order valence-corrected chi connectivity index (χ1v) is 9.58. The average Bonchev–Trinajstić information content (AvgIpc) is 2.19. The minimum absolute atomic E-state index is 0.0199. The molecule has 0 aliphatic carbocycles. The zero-order valence-corrected chi connectivity index (χ0v) is 13.0. The predicted octanol–water partition coefficient (Wildman–Crippen LogP) is 2.94. The number of aliphatic hydroxyl groups excluding tert-OH is 1. The first-order valence-electron chi connectivity index (χ1n) is 6.68. The van der Waals surface area contributed by atoms with E-state index in [-0.39, 0.29) is 17.2 Å². The molecule has 1 rings (SSSR count). The summed E-state index contributed by atoms with van der Waals surface area (Å²) in [6, 6.07) is 0. The summed E-state index contributed by atoms with van der Waals surface area (Å²) >= 11 is 0. The van der Waals surface area contributed by atoms with Gasteiger partial charge in [0.15, 0.2) is 8.32 Å². The Balaban J connectivity index is 2.32. The second kappa shape index (κ2) is 5.82. The van der Waals surface area contributed by atoms with Crippen molar-refractivity contribution in [1.82, 2.24) is 0 Å². The molecule has 1 aliphatic heterocycles. The minimum Gasteiger partial charge on any atom is -0.417 e. The van der Waals surface area contributed by atoms with Gasteiger partial charge in [0.1, 0.15) is 0 Å². The molecule has 0 bridgehead atoms. The van der Waals surface area contributed by atoms with Gasteiger partial charge in [-0.15, -0.1) is 0 Å². The number of hydrogen-bond acceptors (Lipinski definition) is 3. The van der Waals surface area contributed by atoms with Crippen molar-refractivity contribution in [3.63, 3.8) is 0 Å². The normalized spacial score (nSPS) is 27.2. The Hall–Kier alpha value is 0.0969. The highest BCUT2D eigenvalue weighted by Gasteiger charge is 2.37. The van der Waals surface area contributed by atoms with E-state index in [1.807, 2.05) is 0 Å². The predicted molar refractivity (Wildman–Crippen MR) is 72.7 cm³/mol. The Morgan fingerprint density at radius 2 is 2.00 bits per heavy atom. The molecule has 0 radical (unpaired) electrons. The van der Waals surface area contributed by atoms with Gasteiger partial charge in [-0.1, -0.05) is 20.8 Å². The topological polar surface area (TPSA) is 38.7 Å². The zero-order chi connectivity index (χ0) is 13.1. The highest BCUT2D eigenvalue weighted by atomic mass is 28.4. The highest BCUT2D eigenvalue weighted by Crippen LogP contribution is 2.36. The number of hydrogen-bond donors (Lipinski definition) is 1. The summed E-state index contributed by atoms with van der Waals surface area (Å²) in [5.41, 5.74) is 0. The maximum absolute atomic E-state index is 9.79. The Kier molecular flexibility index (Phi) is 5.19. The van der Waals surface area contributed by atoms with E-state index in [0.29, 0.717) is 6.61 Å². The molecule has 3 nitrogen and oxygen atoms in total. The molecule has 1 N–H and O–H groups in total. The average molecular weight is 260 g/mol. The molecular weight excluding hydrogens is 232 g/mol. The van der Waals surface area contributed by atoms with Gasteiger partial charge in [0, 0.05) is 13.2 Å². The first-order chi connectivity index (χ1) is 7.74. The molecule has 1 heterocycles. The highest BCUT2D eigenvalue weighted by molar-refractivity contribution is 6.74. The summed E-state index contributed by atoms with van der Waals surface area (Å²) in [4.78, 5) is 0. The second-order valence-corrected chi connectivity index (χ2v) is 11.3. The summed E-state index contributed by atoms with van der Waals surface area (Å²) in [7, 11) is -1.65. The van der Waals surface area contributed by atoms with E-state index < -0.39 is 8.32 Å². The summed E-state index contributed by atoms with van der Waals surface area (Å²) in [5, 5.41) is 10.0. The van der Waals surface area contributed by atoms with Crippen molar-refractivity contribution in [1.29, 1.82) is 0 Å². The molecule has 0 amide bonds. The molecule has 2 atom stereocenters. The molecule has 102 valence electrons. The smallest absolute Gasteiger partial charge is 0.191 e. The van der Waals surface area contributed by atoms with Crippen LogP contribution >= 0.6 is 0 Å². The lowest BCUT2D eigenvalue weighted by Gasteiger charge is -2.37. The summed E-state index contributed by atoms with van der Waals surface area (Å²) in [6.45, 7) is 12.7. The summed E-state index contributed by atoms with van der Waals surface area (Å²) < 4.78 is 11.7. The molecule has 4 heteroatoms. The molecule has 17 heavy (non-hydrogen) atoms. The fourth-order valence-electron chi connectivity index (χ4n) is 1.75. The third-order valence-electron chi connectivity index (χ3n) is 4.08. The number of aliphatic hydroxyl groups is 1. The van der Waals surface area contributed by atoms with Crippen LogP contribution in [0, 0.1) is 0 Å². The van der Waals surface area contributed by atoms with Gasteiger partial charge >= 0.3 is 0 Å². The molecule has 1 fully saturated rings. The Bertz CT molecular complexity index is 235. The monoisotopic (exact) mass is 260 g/mol. The van der Waals surface area contributed by atoms with Gasteiger partial charge in [-0.05, 0) is 37.4 Å². The van der Waals surface area contributed by atoms with E-state index in [1.54, 1.807) is 0 Å². The second-order valence-electron chi connectivity index (χ2n) is 6.52. The zero-order valence-electron chi connectivity index (χ0n) is 12.0. The molecule has 0 saturated carbocycles. The third-order valence-corrected chi connectivity index (χ3v) is 8.61. The van der Waals surface area contributed by atoms with Crippen LogP contribution in [0.4, 0.5) is 0 Å². The largest absolute Gasteiger partial charge is 0.417 e. The van der Waals surface area contributed by atoms with Gasteiger partial charge in [0.25, 0.3) is 0 Å². The minimum atomic E-state index is -1.65. The van der Waals surface area contributed by atoms with E-state index in [9.17, 15) is 5.11 Å². The fraction of sp³-hybridized carbons (Fsp3) is 1.00. The summed E-state index contributed by atoms with van der Waals surface area (Å²) in [6.07, 6.45) is 2.33. The van der Waals surface area contributed by atoms with Crippen molar-refractivity contribution in [3.8, 4) is 0 Å². The Labute approximate surface area is 107 Å². The molecule has 0 spiro atoms. The Morgan fingerprint density at radius 3 is 2.53 bits per heavy atom. The molecular formula is C13H28O3Si. The number of rotatable bonds is 4. The van der Waals surface area contributed by atoms with E-state index in [2.05, 4.69) is 33.9 Å². The molecule has 1 saturated heterocycles. The SMILES string of the molecule is CC(C)(C)[Si](C)(C)OCC[C@@H]1OCCC[C@@H]1O. The van der Waals surface area contributed by atoms with Gasteiger partial charge in [-0.3, -0.25) is 0 Å². The van der Waals surface area contributed by atoms with Crippen LogP contribution in [0.25, 0.3) is 0 Å². The molecule has 0 aromatic rings. The lowest BCUT2D eigenvalue weighted by atomic mass is 10.0. The van der Waals surface area contributed by atoms with E-state index >= 15 is 0 Å². The van der Waals surface area contributed by atoms with Crippen LogP contribution in [0.15, 0.2) is 0 Å². The standard InChI is InChI=1S/C13H28O3Si/c1-13(2,3)17(4,5)16-10-8-12-11(14)7-6-9-15-12/h11-12,14H,6-10H2,1-5H3/t11-,12-/m0/s1. The summed E-state index contributed by atoms with van der Waals surface area (Å²) in [5.74, 6) is 0. The van der Waals surface area contributed by atoms with Crippen molar-refractivity contribution in [2.75, 3.05) is 13.2 Å². The van der Waals surface area contributed by atoms with Crippen LogP contribution in [0.3, 0.4) is 0 Å². The Morgan fingerprint density at radius 1 is 1.35 bits per heavy atom. The quantitative estimate of drug-likeness (QED) is 0.790. The molecule has 1 aliphatic rings. The third kappa shape index (κ3) is 4.36. The van der Waals surface area contributed by atoms with Crippen molar-refractivity contribution >= 4 is 8.32 Å². The van der Waals surface area contributed by atoms with Crippen molar-refractivity contribution in [2.24, 2.45) is 0 Å². The van der Waals surface area contributed by atoms with E-state index in [4.69, 9.17) is 9.16 Å². The van der Waals surface area contributed by atoms with E-state index in [1.165, 1.54) is 0 Å². The van der Waals surface area contributed by atoms with Gasteiger partial charge in [-0.25, -0.2) is 0 Å². The number of ether oxygens (including phenoxy) is 1. The fourth-order valence-corrected chi connectivity index (χ4v) is 2.81. The molecule has 0 aromatic carbocycles. The molecule has 0 unspecified atom stereocenters. The van der Waals surface area contributed by atoms with Gasteiger partial charge < -0.3 is 14.3 Å². The van der Waals surface area contributed by atoms with Gasteiger partial charge in [0.05, 0.1) is 12.2 Å². The van der Waals surface area contributed by atoms with Crippen molar-refractivity contribution in [3.05, 3.63) is 0 Å². The van der Waals surface area contributed by atoms with Crippen LogP contribution in [-0.4, -0.2) is 38.8 Å². The van der Waals surface area contributed by atoms with Gasteiger partial charge in [0.2, 0.25) is 0 Å². The lowest BCUT2D eigenvalue weighted by Crippen LogP contribution is -2.42. The van der Waals surface area contributed by atoms with Crippen LogP contribution in [0.5, 0.6) is 0 Å². The van der Waals surface area contributed by atoms with Crippen molar-refractivity contribution in [2.45, 2.75) is 70.4 Å². The van der Waals surface area contributed by atoms with E-state index in [0.717, 1.165) is 25.9 Å². The van der Waals surface area contributed by atoms with Crippen LogP contribution < -0.4 is 0 Å². The van der Waals surface area contributed by atoms with Crippen LogP contribution in [0.1, 0.15) is 40.0 Å². The van der Waals surface area contributed by atoms with Crippen LogP contribution in [-0.2, 0) is 9.16 Å². The lowest BCUT2D eigenvalue weighted by molar-refractivity contribution is -0.0810. The van der Waals surface area contributed by atoms with Gasteiger partial charge in [-0.2, -0.15) is 0 Å². The van der Waals surface area contributed by atoms with Crippen molar-refractivity contribution < 1.29 is 14.3 Å². The molecule has 0 aromatic heterocycles. The maximum atomic E-state index is 9.79. The maximum Gasteiger partial charge on any atom is 0.191 e. The van der Waals surface area contributed by atoms with Crippen LogP contribution in [0.2, 0.25) is 18.1 Å².